The number of hydrogen-bond donors (Lipinski definition) is 2. The standard InChI is InChI=1S/C22H26F3N3O2.ClH/c1-16(29)27-19-9-10-20(30-15-22(23,24)25)17(13-19)14-21(11-5-6-12-28(21)26)18-7-3-2-4-8-18;/h2-4,7-10,13H,5-6,11-12,14-15,26H2,1H3,(H,27,29);1H. The number of amides is 1. The molecule has 1 saturated heterocycles. The van der Waals surface area contributed by atoms with Gasteiger partial charge in [-0.25, -0.2) is 5.01 Å². The normalized spacial score (nSPS) is 19.4. The number of piperidine rings is 1. The Bertz CT molecular complexity index is 880. The summed E-state index contributed by atoms with van der Waals surface area (Å²) >= 11 is 0. The summed E-state index contributed by atoms with van der Waals surface area (Å²) in [4.78, 5) is 11.5. The molecule has 0 radical (unpaired) electrons. The average Bonchev–Trinajstić information content (AvgIpc) is 2.69. The molecule has 1 aliphatic rings. The quantitative estimate of drug-likeness (QED) is 0.611. The van der Waals surface area contributed by atoms with Crippen molar-refractivity contribution in [3.05, 3.63) is 59.7 Å². The van der Waals surface area contributed by atoms with Crippen LogP contribution in [-0.2, 0) is 16.8 Å². The first-order chi connectivity index (χ1) is 14.2. The van der Waals surface area contributed by atoms with Gasteiger partial charge in [-0.3, -0.25) is 10.6 Å². The first-order valence-electron chi connectivity index (χ1n) is 9.87. The van der Waals surface area contributed by atoms with E-state index in [1.54, 1.807) is 11.1 Å². The number of hydrazine groups is 1. The van der Waals surface area contributed by atoms with Gasteiger partial charge in [-0.1, -0.05) is 30.3 Å². The number of halogens is 4. The molecule has 170 valence electrons. The van der Waals surface area contributed by atoms with Crippen molar-refractivity contribution in [2.45, 2.75) is 44.3 Å². The highest BCUT2D eigenvalue weighted by Crippen LogP contribution is 2.41. The second kappa shape index (κ2) is 10.3. The zero-order chi connectivity index (χ0) is 21.8. The summed E-state index contributed by atoms with van der Waals surface area (Å²) in [6.45, 7) is 0.672. The van der Waals surface area contributed by atoms with Gasteiger partial charge >= 0.3 is 6.18 Å². The molecule has 0 aromatic heterocycles. The molecular formula is C22H27ClF3N3O2. The summed E-state index contributed by atoms with van der Waals surface area (Å²) in [7, 11) is 0. The number of carbonyl (C=O) groups excluding carboxylic acids is 1. The van der Waals surface area contributed by atoms with Gasteiger partial charge in [-0.2, -0.15) is 13.2 Å². The Morgan fingerprint density at radius 2 is 1.90 bits per heavy atom. The number of anilines is 1. The maximum atomic E-state index is 12.8. The van der Waals surface area contributed by atoms with Crippen LogP contribution in [0.4, 0.5) is 18.9 Å². The van der Waals surface area contributed by atoms with Crippen molar-refractivity contribution >= 4 is 24.0 Å². The lowest BCUT2D eigenvalue weighted by atomic mass is 9.77. The fraction of sp³-hybridized carbons (Fsp3) is 0.409. The molecule has 0 saturated carbocycles. The topological polar surface area (TPSA) is 67.6 Å². The molecule has 0 aliphatic carbocycles. The number of alkyl halides is 3. The number of ether oxygens (including phenoxy) is 1. The van der Waals surface area contributed by atoms with Crippen LogP contribution in [0, 0.1) is 0 Å². The molecule has 1 amide bonds. The molecule has 1 atom stereocenters. The van der Waals surface area contributed by atoms with Crippen LogP contribution >= 0.6 is 12.4 Å². The fourth-order valence-corrected chi connectivity index (χ4v) is 4.02. The third-order valence-corrected chi connectivity index (χ3v) is 5.36. The van der Waals surface area contributed by atoms with E-state index in [1.165, 1.54) is 19.1 Å². The van der Waals surface area contributed by atoms with Crippen LogP contribution < -0.4 is 15.9 Å². The fourth-order valence-electron chi connectivity index (χ4n) is 4.02. The van der Waals surface area contributed by atoms with E-state index in [0.717, 1.165) is 24.8 Å². The summed E-state index contributed by atoms with van der Waals surface area (Å²) < 4.78 is 43.4. The van der Waals surface area contributed by atoms with E-state index in [4.69, 9.17) is 10.6 Å². The van der Waals surface area contributed by atoms with Crippen molar-refractivity contribution in [2.75, 3.05) is 18.5 Å². The minimum absolute atomic E-state index is 0. The lowest BCUT2D eigenvalue weighted by Crippen LogP contribution is -2.54. The second-order valence-corrected chi connectivity index (χ2v) is 7.63. The Morgan fingerprint density at radius 1 is 1.19 bits per heavy atom. The predicted octanol–water partition coefficient (Wildman–Crippen LogP) is 4.81. The minimum atomic E-state index is -4.45. The van der Waals surface area contributed by atoms with Crippen LogP contribution in [-0.4, -0.2) is 30.2 Å². The van der Waals surface area contributed by atoms with Gasteiger partial charge in [0, 0.05) is 19.2 Å². The number of benzene rings is 2. The maximum absolute atomic E-state index is 12.8. The highest BCUT2D eigenvalue weighted by atomic mass is 35.5. The van der Waals surface area contributed by atoms with E-state index in [9.17, 15) is 18.0 Å². The van der Waals surface area contributed by atoms with Crippen molar-refractivity contribution in [3.8, 4) is 5.75 Å². The zero-order valence-electron chi connectivity index (χ0n) is 17.2. The van der Waals surface area contributed by atoms with E-state index in [0.29, 0.717) is 24.2 Å². The molecule has 3 N–H and O–H groups in total. The molecule has 2 aromatic carbocycles. The molecule has 2 aromatic rings. The SMILES string of the molecule is CC(=O)Nc1ccc(OCC(F)(F)F)c(CC2(c3ccccc3)CCCCN2N)c1.Cl. The number of nitrogens with two attached hydrogens (primary N) is 1. The van der Waals surface area contributed by atoms with Crippen molar-refractivity contribution in [2.24, 2.45) is 5.84 Å². The minimum Gasteiger partial charge on any atom is -0.484 e. The number of nitrogens with one attached hydrogen (secondary N) is 1. The molecule has 1 heterocycles. The number of hydrogen-bond acceptors (Lipinski definition) is 4. The number of rotatable bonds is 6. The summed E-state index contributed by atoms with van der Waals surface area (Å²) in [6, 6.07) is 14.4. The van der Waals surface area contributed by atoms with E-state index in [-0.39, 0.29) is 24.1 Å². The summed E-state index contributed by atoms with van der Waals surface area (Å²) in [6.07, 6.45) is -1.43. The predicted molar refractivity (Wildman–Crippen MR) is 116 cm³/mol. The van der Waals surface area contributed by atoms with Gasteiger partial charge in [0.2, 0.25) is 5.91 Å². The second-order valence-electron chi connectivity index (χ2n) is 7.63. The number of nitrogens with zero attached hydrogens (tertiary/aromatic N) is 1. The van der Waals surface area contributed by atoms with Crippen LogP contribution in [0.5, 0.6) is 5.75 Å². The van der Waals surface area contributed by atoms with Gasteiger partial charge in [-0.05, 0) is 55.0 Å². The first-order valence-corrected chi connectivity index (χ1v) is 9.87. The van der Waals surface area contributed by atoms with Crippen molar-refractivity contribution in [3.63, 3.8) is 0 Å². The Labute approximate surface area is 186 Å². The van der Waals surface area contributed by atoms with E-state index in [2.05, 4.69) is 5.32 Å². The van der Waals surface area contributed by atoms with Crippen molar-refractivity contribution < 1.29 is 22.7 Å². The van der Waals surface area contributed by atoms with Gasteiger partial charge < -0.3 is 10.1 Å². The Balaban J connectivity index is 0.00000341. The summed E-state index contributed by atoms with van der Waals surface area (Å²) in [5.41, 5.74) is 1.48. The third-order valence-electron chi connectivity index (χ3n) is 5.36. The lowest BCUT2D eigenvalue weighted by molar-refractivity contribution is -0.153. The zero-order valence-corrected chi connectivity index (χ0v) is 18.1. The average molecular weight is 458 g/mol. The lowest BCUT2D eigenvalue weighted by Gasteiger charge is -2.45. The molecule has 1 fully saturated rings. The number of carbonyl (C=O) groups is 1. The maximum Gasteiger partial charge on any atom is 0.422 e. The molecule has 1 unspecified atom stereocenters. The summed E-state index contributed by atoms with van der Waals surface area (Å²) in [5, 5.41) is 4.47. The largest absolute Gasteiger partial charge is 0.484 e. The van der Waals surface area contributed by atoms with Gasteiger partial charge in [0.15, 0.2) is 6.61 Å². The van der Waals surface area contributed by atoms with Gasteiger partial charge in [-0.15, -0.1) is 12.4 Å². The highest BCUT2D eigenvalue weighted by molar-refractivity contribution is 5.88. The third kappa shape index (κ3) is 6.35. The Morgan fingerprint density at radius 3 is 2.52 bits per heavy atom. The Kier molecular flexibility index (Phi) is 8.34. The molecule has 0 spiro atoms. The molecule has 31 heavy (non-hydrogen) atoms. The van der Waals surface area contributed by atoms with Crippen LogP contribution in [0.2, 0.25) is 0 Å². The van der Waals surface area contributed by atoms with Gasteiger partial charge in [0.05, 0.1) is 5.54 Å². The first kappa shape index (κ1) is 25.0. The molecule has 0 bridgehead atoms. The van der Waals surface area contributed by atoms with Crippen molar-refractivity contribution in [1.29, 1.82) is 0 Å². The molecule has 5 nitrogen and oxygen atoms in total. The Hall–Kier alpha value is -2.29. The van der Waals surface area contributed by atoms with E-state index < -0.39 is 18.3 Å². The van der Waals surface area contributed by atoms with Gasteiger partial charge in [0.25, 0.3) is 0 Å². The van der Waals surface area contributed by atoms with Gasteiger partial charge in [0.1, 0.15) is 5.75 Å². The van der Waals surface area contributed by atoms with Crippen LogP contribution in [0.25, 0.3) is 0 Å². The monoisotopic (exact) mass is 457 g/mol. The van der Waals surface area contributed by atoms with Crippen LogP contribution in [0.15, 0.2) is 48.5 Å². The molecule has 3 rings (SSSR count). The smallest absolute Gasteiger partial charge is 0.422 e. The van der Waals surface area contributed by atoms with Crippen molar-refractivity contribution in [1.82, 2.24) is 5.01 Å². The van der Waals surface area contributed by atoms with Crippen LogP contribution in [0.1, 0.15) is 37.3 Å². The molecular weight excluding hydrogens is 431 g/mol. The molecule has 9 heteroatoms. The van der Waals surface area contributed by atoms with E-state index >= 15 is 0 Å². The van der Waals surface area contributed by atoms with E-state index in [1.807, 2.05) is 30.3 Å². The highest BCUT2D eigenvalue weighted by Gasteiger charge is 2.40. The van der Waals surface area contributed by atoms with Crippen LogP contribution in [0.3, 0.4) is 0 Å². The molecule has 1 aliphatic heterocycles. The summed E-state index contributed by atoms with van der Waals surface area (Å²) in [5.74, 6) is 6.32.